The van der Waals surface area contributed by atoms with Crippen molar-refractivity contribution in [1.82, 2.24) is 0 Å². The van der Waals surface area contributed by atoms with Crippen LogP contribution in [0.3, 0.4) is 0 Å². The van der Waals surface area contributed by atoms with Gasteiger partial charge in [-0.1, -0.05) is 63.7 Å². The first-order chi connectivity index (χ1) is 22.1. The van der Waals surface area contributed by atoms with Gasteiger partial charge in [-0.25, -0.2) is 4.79 Å². The number of carbonyl (C=O) groups is 1. The second kappa shape index (κ2) is 17.8. The van der Waals surface area contributed by atoms with Crippen LogP contribution in [0.25, 0.3) is 0 Å². The van der Waals surface area contributed by atoms with Gasteiger partial charge in [0.2, 0.25) is 0 Å². The van der Waals surface area contributed by atoms with Crippen LogP contribution in [0.15, 0.2) is 24.8 Å². The van der Waals surface area contributed by atoms with E-state index in [1.807, 2.05) is 13.8 Å². The lowest BCUT2D eigenvalue weighted by molar-refractivity contribution is -0.339. The zero-order valence-electron chi connectivity index (χ0n) is 27.5. The first-order valence-electron chi connectivity index (χ1n) is 17.1. The molecule has 264 valence electrons. The van der Waals surface area contributed by atoms with Crippen LogP contribution in [-0.2, 0) is 33.2 Å². The first-order valence-corrected chi connectivity index (χ1v) is 17.1. The second-order valence-corrected chi connectivity index (χ2v) is 13.4. The Labute approximate surface area is 272 Å². The summed E-state index contributed by atoms with van der Waals surface area (Å²) in [4.78, 5) is 13.3. The van der Waals surface area contributed by atoms with Crippen molar-refractivity contribution in [1.29, 1.82) is 0 Å². The van der Waals surface area contributed by atoms with E-state index in [0.717, 1.165) is 38.5 Å². The van der Waals surface area contributed by atoms with Gasteiger partial charge in [-0.05, 0) is 44.9 Å². The number of esters is 1. The van der Waals surface area contributed by atoms with Crippen molar-refractivity contribution in [3.8, 4) is 0 Å². The van der Waals surface area contributed by atoms with Crippen LogP contribution in [0.5, 0.6) is 0 Å². The van der Waals surface area contributed by atoms with Gasteiger partial charge in [0.1, 0.15) is 37.1 Å². The molecule has 5 N–H and O–H groups in total. The molecule has 46 heavy (non-hydrogen) atoms. The molecule has 2 saturated carbocycles. The molecule has 0 radical (unpaired) electrons. The van der Waals surface area contributed by atoms with Crippen LogP contribution in [0.1, 0.15) is 78.6 Å². The maximum Gasteiger partial charge on any atom is 0.335 e. The zero-order valence-corrected chi connectivity index (χ0v) is 27.5. The number of hydrogen-bond donors (Lipinski definition) is 5. The molecule has 0 aromatic rings. The average molecular weight is 657 g/mol. The topological polar surface area (TPSA) is 174 Å². The third kappa shape index (κ3) is 9.16. The fourth-order valence-corrected chi connectivity index (χ4v) is 7.23. The third-order valence-corrected chi connectivity index (χ3v) is 10.1. The average Bonchev–Trinajstić information content (AvgIpc) is 3.05. The van der Waals surface area contributed by atoms with Gasteiger partial charge in [-0.2, -0.15) is 0 Å². The predicted molar refractivity (Wildman–Crippen MR) is 166 cm³/mol. The Balaban J connectivity index is 1.53. The van der Waals surface area contributed by atoms with Crippen LogP contribution in [0, 0.1) is 17.8 Å². The molecule has 4 aliphatic rings. The molecule has 14 atom stereocenters. The van der Waals surface area contributed by atoms with E-state index in [0.29, 0.717) is 12.8 Å². The molecule has 13 unspecified atom stereocenters. The molecule has 0 aromatic heterocycles. The van der Waals surface area contributed by atoms with Gasteiger partial charge in [0, 0.05) is 0 Å². The molecule has 0 bridgehead atoms. The number of aliphatic hydroxyl groups excluding tert-OH is 5. The maximum absolute atomic E-state index is 13.3. The van der Waals surface area contributed by atoms with Crippen LogP contribution >= 0.6 is 0 Å². The standard InChI is InChI=1S/C34H56O12/c1-5-7-16-41-32(40)24(17-21-13-9-8-10-14-21)43-31-22(6-2)33(45-25(18-35)27(31)37)44-23-15-11-12-19(3)30(23)46-34-29(39)28(38)26(36)20(4)42-34/h5-7,19-31,33-39H,2,8-18H2,1,3-4H3/t19?,20?,22?,23?,24-,25?,26?,27?,28?,29?,30?,31?,33?,34?/m0/s1. The van der Waals surface area contributed by atoms with Crippen molar-refractivity contribution in [2.24, 2.45) is 17.8 Å². The molecular formula is C34H56O12. The minimum absolute atomic E-state index is 0.0160. The first kappa shape index (κ1) is 37.4. The number of rotatable bonds is 13. The van der Waals surface area contributed by atoms with E-state index >= 15 is 0 Å². The molecule has 2 aliphatic carbocycles. The lowest BCUT2D eigenvalue weighted by Gasteiger charge is -2.47. The SMILES string of the molecule is C=CC1C(OC2CCCC(C)C2OC2OC(C)C(O)C(O)C2O)OC(CO)C(O)C1O[C@@H](CC1CCCCC1)C(=O)OCC=CC. The molecule has 0 amide bonds. The minimum atomic E-state index is -1.46. The molecule has 2 saturated heterocycles. The largest absolute Gasteiger partial charge is 0.460 e. The summed E-state index contributed by atoms with van der Waals surface area (Å²) in [7, 11) is 0. The van der Waals surface area contributed by atoms with Gasteiger partial charge < -0.3 is 54.0 Å². The van der Waals surface area contributed by atoms with E-state index in [2.05, 4.69) is 6.58 Å². The Morgan fingerprint density at radius 1 is 0.891 bits per heavy atom. The van der Waals surface area contributed by atoms with E-state index in [1.165, 1.54) is 6.42 Å². The van der Waals surface area contributed by atoms with Crippen molar-refractivity contribution >= 4 is 5.97 Å². The van der Waals surface area contributed by atoms with Crippen LogP contribution < -0.4 is 0 Å². The number of ether oxygens (including phenoxy) is 6. The molecule has 0 spiro atoms. The van der Waals surface area contributed by atoms with Crippen molar-refractivity contribution in [2.75, 3.05) is 13.2 Å². The number of carbonyl (C=O) groups excluding carboxylic acids is 1. The molecule has 4 rings (SSSR count). The second-order valence-electron chi connectivity index (χ2n) is 13.4. The molecule has 0 aromatic carbocycles. The van der Waals surface area contributed by atoms with E-state index in [9.17, 15) is 30.3 Å². The Bertz CT molecular complexity index is 972. The van der Waals surface area contributed by atoms with Gasteiger partial charge in [-0.3, -0.25) is 0 Å². The smallest absolute Gasteiger partial charge is 0.335 e. The lowest BCUT2D eigenvalue weighted by Crippen LogP contribution is -2.60. The maximum atomic E-state index is 13.3. The molecule has 2 heterocycles. The highest BCUT2D eigenvalue weighted by molar-refractivity contribution is 5.74. The highest BCUT2D eigenvalue weighted by atomic mass is 16.7. The van der Waals surface area contributed by atoms with Gasteiger partial charge >= 0.3 is 5.97 Å². The summed E-state index contributed by atoms with van der Waals surface area (Å²) >= 11 is 0. The summed E-state index contributed by atoms with van der Waals surface area (Å²) in [6.45, 7) is 9.02. The molecule has 4 fully saturated rings. The van der Waals surface area contributed by atoms with Gasteiger partial charge in [0.15, 0.2) is 18.7 Å². The quantitative estimate of drug-likeness (QED) is 0.145. The normalized spacial score (nSPS) is 41.7. The van der Waals surface area contributed by atoms with E-state index in [1.54, 1.807) is 25.2 Å². The number of allylic oxidation sites excluding steroid dienone is 1. The van der Waals surface area contributed by atoms with E-state index in [4.69, 9.17) is 28.4 Å². The summed E-state index contributed by atoms with van der Waals surface area (Å²) in [5, 5.41) is 52.6. The summed E-state index contributed by atoms with van der Waals surface area (Å²) < 4.78 is 36.6. The van der Waals surface area contributed by atoms with E-state index < -0.39 is 92.1 Å². The van der Waals surface area contributed by atoms with E-state index in [-0.39, 0.29) is 18.4 Å². The fourth-order valence-electron chi connectivity index (χ4n) is 7.23. The monoisotopic (exact) mass is 656 g/mol. The highest BCUT2D eigenvalue weighted by Gasteiger charge is 2.50. The Hall–Kier alpha value is -1.45. The van der Waals surface area contributed by atoms with Crippen molar-refractivity contribution in [3.63, 3.8) is 0 Å². The molecule has 2 aliphatic heterocycles. The van der Waals surface area contributed by atoms with Gasteiger partial charge in [0.05, 0.1) is 36.9 Å². The number of hydrogen-bond acceptors (Lipinski definition) is 12. The summed E-state index contributed by atoms with van der Waals surface area (Å²) in [6.07, 6.45) is 0.637. The number of aliphatic hydroxyl groups is 5. The van der Waals surface area contributed by atoms with Gasteiger partial charge in [-0.15, -0.1) is 6.58 Å². The van der Waals surface area contributed by atoms with Crippen LogP contribution in [-0.4, -0.2) is 118 Å². The zero-order chi connectivity index (χ0) is 33.4. The summed E-state index contributed by atoms with van der Waals surface area (Å²) in [5.74, 6) is -0.960. The van der Waals surface area contributed by atoms with Crippen molar-refractivity contribution < 1.29 is 58.7 Å². The highest BCUT2D eigenvalue weighted by Crippen LogP contribution is 2.38. The van der Waals surface area contributed by atoms with Crippen LogP contribution in [0.4, 0.5) is 0 Å². The molecule has 12 nitrogen and oxygen atoms in total. The van der Waals surface area contributed by atoms with Crippen LogP contribution in [0.2, 0.25) is 0 Å². The molecule has 12 heteroatoms. The summed E-state index contributed by atoms with van der Waals surface area (Å²) in [6, 6.07) is 0. The molecular weight excluding hydrogens is 600 g/mol. The Morgan fingerprint density at radius 3 is 2.30 bits per heavy atom. The van der Waals surface area contributed by atoms with Crippen molar-refractivity contribution in [3.05, 3.63) is 24.8 Å². The third-order valence-electron chi connectivity index (χ3n) is 10.1. The lowest BCUT2D eigenvalue weighted by atomic mass is 9.84. The fraction of sp³-hybridized carbons (Fsp3) is 0.853. The van der Waals surface area contributed by atoms with Crippen molar-refractivity contribution in [2.45, 2.75) is 152 Å². The van der Waals surface area contributed by atoms with Gasteiger partial charge in [0.25, 0.3) is 0 Å². The Kier molecular flexibility index (Phi) is 14.5. The predicted octanol–water partition coefficient (Wildman–Crippen LogP) is 2.13. The minimum Gasteiger partial charge on any atom is -0.460 e. The Morgan fingerprint density at radius 2 is 1.63 bits per heavy atom. The summed E-state index contributed by atoms with van der Waals surface area (Å²) in [5.41, 5.74) is 0.